The van der Waals surface area contributed by atoms with Crippen molar-refractivity contribution in [2.45, 2.75) is 39.3 Å². The molecule has 0 aliphatic rings. The molecule has 1 heterocycles. The Kier molecular flexibility index (Phi) is 4.15. The Balaban J connectivity index is 2.04. The second-order valence-electron chi connectivity index (χ2n) is 4.84. The molecule has 0 radical (unpaired) electrons. The molecule has 2 N–H and O–H groups in total. The fourth-order valence-electron chi connectivity index (χ4n) is 2.13. The second kappa shape index (κ2) is 5.83. The highest BCUT2D eigenvalue weighted by Crippen LogP contribution is 2.16. The summed E-state index contributed by atoms with van der Waals surface area (Å²) in [6, 6.07) is 8.53. The average Bonchev–Trinajstić information content (AvgIpc) is 2.78. The van der Waals surface area contributed by atoms with E-state index in [-0.39, 0.29) is 6.04 Å². The predicted octanol–water partition coefficient (Wildman–Crippen LogP) is 2.84. The standard InChI is InChI=1S/C15H21N3/c1-3-7-18-11-14(10-17-18)15(16)9-13-6-4-5-12(2)8-13/h4-6,8,10-11,15H,3,7,9,16H2,1-2H3. The zero-order valence-electron chi connectivity index (χ0n) is 11.1. The summed E-state index contributed by atoms with van der Waals surface area (Å²) in [5.41, 5.74) is 9.91. The summed E-state index contributed by atoms with van der Waals surface area (Å²) in [5, 5.41) is 4.32. The van der Waals surface area contributed by atoms with Crippen LogP contribution in [0.4, 0.5) is 0 Å². The highest BCUT2D eigenvalue weighted by atomic mass is 15.3. The van der Waals surface area contributed by atoms with Gasteiger partial charge in [0.05, 0.1) is 6.20 Å². The number of rotatable bonds is 5. The third kappa shape index (κ3) is 3.20. The van der Waals surface area contributed by atoms with Crippen molar-refractivity contribution >= 4 is 0 Å². The van der Waals surface area contributed by atoms with Gasteiger partial charge in [-0.05, 0) is 25.3 Å². The van der Waals surface area contributed by atoms with Gasteiger partial charge in [0.1, 0.15) is 0 Å². The molecule has 18 heavy (non-hydrogen) atoms. The number of hydrogen-bond donors (Lipinski definition) is 1. The van der Waals surface area contributed by atoms with Crippen molar-refractivity contribution in [3.63, 3.8) is 0 Å². The van der Waals surface area contributed by atoms with Gasteiger partial charge < -0.3 is 5.73 Å². The van der Waals surface area contributed by atoms with Gasteiger partial charge in [-0.1, -0.05) is 36.8 Å². The highest BCUT2D eigenvalue weighted by Gasteiger charge is 2.09. The van der Waals surface area contributed by atoms with E-state index < -0.39 is 0 Å². The number of nitrogens with two attached hydrogens (primary N) is 1. The summed E-state index contributed by atoms with van der Waals surface area (Å²) >= 11 is 0. The van der Waals surface area contributed by atoms with Gasteiger partial charge in [-0.3, -0.25) is 4.68 Å². The normalized spacial score (nSPS) is 12.6. The lowest BCUT2D eigenvalue weighted by Crippen LogP contribution is -2.12. The van der Waals surface area contributed by atoms with Crippen molar-refractivity contribution in [3.8, 4) is 0 Å². The molecule has 3 heteroatoms. The molecule has 0 saturated carbocycles. The molecule has 2 rings (SSSR count). The zero-order valence-corrected chi connectivity index (χ0v) is 11.1. The van der Waals surface area contributed by atoms with Crippen LogP contribution in [0.2, 0.25) is 0 Å². The minimum Gasteiger partial charge on any atom is -0.324 e. The van der Waals surface area contributed by atoms with E-state index in [0.29, 0.717) is 0 Å². The Labute approximate surface area is 109 Å². The summed E-state index contributed by atoms with van der Waals surface area (Å²) in [7, 11) is 0. The SMILES string of the molecule is CCCn1cc(C(N)Cc2cccc(C)c2)cn1. The van der Waals surface area contributed by atoms with Crippen LogP contribution in [0.5, 0.6) is 0 Å². The largest absolute Gasteiger partial charge is 0.324 e. The fraction of sp³-hybridized carbons (Fsp3) is 0.400. The summed E-state index contributed by atoms with van der Waals surface area (Å²) in [6.07, 6.45) is 5.90. The van der Waals surface area contributed by atoms with Crippen molar-refractivity contribution in [2.75, 3.05) is 0 Å². The molecule has 3 nitrogen and oxygen atoms in total. The Morgan fingerprint density at radius 1 is 1.39 bits per heavy atom. The van der Waals surface area contributed by atoms with E-state index in [1.54, 1.807) is 0 Å². The van der Waals surface area contributed by atoms with Gasteiger partial charge in [-0.2, -0.15) is 5.10 Å². The summed E-state index contributed by atoms with van der Waals surface area (Å²) in [4.78, 5) is 0. The van der Waals surface area contributed by atoms with Gasteiger partial charge in [-0.15, -0.1) is 0 Å². The molecule has 0 fully saturated rings. The van der Waals surface area contributed by atoms with Crippen LogP contribution in [0.3, 0.4) is 0 Å². The minimum atomic E-state index is 0.0254. The lowest BCUT2D eigenvalue weighted by atomic mass is 10.0. The van der Waals surface area contributed by atoms with Crippen LogP contribution in [0.15, 0.2) is 36.7 Å². The third-order valence-corrected chi connectivity index (χ3v) is 3.07. The lowest BCUT2D eigenvalue weighted by Gasteiger charge is -2.10. The molecule has 0 bridgehead atoms. The molecule has 1 aromatic heterocycles. The Hall–Kier alpha value is -1.61. The molecule has 0 aliphatic heterocycles. The maximum Gasteiger partial charge on any atom is 0.0537 e. The van der Waals surface area contributed by atoms with Crippen molar-refractivity contribution in [1.82, 2.24) is 9.78 Å². The molecule has 0 saturated heterocycles. The average molecular weight is 243 g/mol. The predicted molar refractivity (Wildman–Crippen MR) is 74.3 cm³/mol. The van der Waals surface area contributed by atoms with E-state index in [9.17, 15) is 0 Å². The zero-order chi connectivity index (χ0) is 13.0. The first-order valence-electron chi connectivity index (χ1n) is 6.52. The molecule has 96 valence electrons. The van der Waals surface area contributed by atoms with Gasteiger partial charge >= 0.3 is 0 Å². The van der Waals surface area contributed by atoms with Crippen molar-refractivity contribution < 1.29 is 0 Å². The molecule has 0 spiro atoms. The first-order valence-corrected chi connectivity index (χ1v) is 6.52. The molecule has 2 aromatic rings. The first kappa shape index (κ1) is 12.8. The molecule has 0 amide bonds. The van der Waals surface area contributed by atoms with Crippen LogP contribution in [0, 0.1) is 6.92 Å². The maximum atomic E-state index is 6.23. The van der Waals surface area contributed by atoms with Gasteiger partial charge in [0.15, 0.2) is 0 Å². The number of aryl methyl sites for hydroxylation is 2. The Morgan fingerprint density at radius 3 is 2.94 bits per heavy atom. The summed E-state index contributed by atoms with van der Waals surface area (Å²) in [5.74, 6) is 0. The Bertz CT molecular complexity index is 502. The Morgan fingerprint density at radius 2 is 2.22 bits per heavy atom. The third-order valence-electron chi connectivity index (χ3n) is 3.07. The maximum absolute atomic E-state index is 6.23. The molecular weight excluding hydrogens is 222 g/mol. The van der Waals surface area contributed by atoms with Crippen molar-refractivity contribution in [3.05, 3.63) is 53.3 Å². The number of benzene rings is 1. The highest BCUT2D eigenvalue weighted by molar-refractivity contribution is 5.24. The van der Waals surface area contributed by atoms with Crippen LogP contribution in [-0.2, 0) is 13.0 Å². The monoisotopic (exact) mass is 243 g/mol. The van der Waals surface area contributed by atoms with Crippen molar-refractivity contribution in [2.24, 2.45) is 5.73 Å². The van der Waals surface area contributed by atoms with Crippen LogP contribution in [0.1, 0.15) is 36.1 Å². The van der Waals surface area contributed by atoms with Crippen LogP contribution < -0.4 is 5.73 Å². The van der Waals surface area contributed by atoms with E-state index in [1.807, 2.05) is 10.9 Å². The van der Waals surface area contributed by atoms with Crippen molar-refractivity contribution in [1.29, 1.82) is 0 Å². The molecule has 1 atom stereocenters. The van der Waals surface area contributed by atoms with E-state index in [0.717, 1.165) is 24.9 Å². The quantitative estimate of drug-likeness (QED) is 0.877. The summed E-state index contributed by atoms with van der Waals surface area (Å²) < 4.78 is 1.96. The number of nitrogens with zero attached hydrogens (tertiary/aromatic N) is 2. The molecule has 0 aliphatic carbocycles. The molecule has 1 unspecified atom stereocenters. The van der Waals surface area contributed by atoms with Gasteiger partial charge in [-0.25, -0.2) is 0 Å². The molecule has 1 aromatic carbocycles. The van der Waals surface area contributed by atoms with Crippen LogP contribution in [0.25, 0.3) is 0 Å². The number of hydrogen-bond acceptors (Lipinski definition) is 2. The minimum absolute atomic E-state index is 0.0254. The van der Waals surface area contributed by atoms with E-state index in [4.69, 9.17) is 5.73 Å². The van der Waals surface area contributed by atoms with Crippen LogP contribution in [-0.4, -0.2) is 9.78 Å². The topological polar surface area (TPSA) is 43.8 Å². The lowest BCUT2D eigenvalue weighted by molar-refractivity contribution is 0.601. The van der Waals surface area contributed by atoms with Gasteiger partial charge in [0.2, 0.25) is 0 Å². The number of aromatic nitrogens is 2. The summed E-state index contributed by atoms with van der Waals surface area (Å²) in [6.45, 7) is 5.21. The molecular formula is C15H21N3. The van der Waals surface area contributed by atoms with E-state index in [1.165, 1.54) is 11.1 Å². The second-order valence-corrected chi connectivity index (χ2v) is 4.84. The fourth-order valence-corrected chi connectivity index (χ4v) is 2.13. The van der Waals surface area contributed by atoms with Crippen LogP contribution >= 0.6 is 0 Å². The van der Waals surface area contributed by atoms with E-state index >= 15 is 0 Å². The van der Waals surface area contributed by atoms with Gasteiger partial charge in [0, 0.05) is 24.3 Å². The van der Waals surface area contributed by atoms with Gasteiger partial charge in [0.25, 0.3) is 0 Å². The van der Waals surface area contributed by atoms with E-state index in [2.05, 4.69) is 49.4 Å². The first-order chi connectivity index (χ1) is 8.69. The smallest absolute Gasteiger partial charge is 0.0537 e.